The second-order valence-corrected chi connectivity index (χ2v) is 2.17. The lowest BCUT2D eigenvalue weighted by atomic mass is 10.2. The van der Waals surface area contributed by atoms with Gasteiger partial charge in [-0.2, -0.15) is 12.6 Å². The Hall–Kier alpha value is -0.0900. The van der Waals surface area contributed by atoms with Gasteiger partial charge in [-0.15, -0.1) is 0 Å². The number of thiol groups is 1. The molecule has 0 aromatic carbocycles. The van der Waals surface area contributed by atoms with Crippen LogP contribution in [-0.2, 0) is 9.53 Å². The number of thiocarbonyl (C=S) groups is 1. The van der Waals surface area contributed by atoms with Crippen molar-refractivity contribution in [2.75, 3.05) is 5.75 Å². The van der Waals surface area contributed by atoms with E-state index in [-0.39, 0.29) is 11.9 Å². The molecule has 0 saturated carbocycles. The molecule has 0 amide bonds. The molecule has 0 aliphatic rings. The number of carbonyl (C=O) groups excluding carboxylic acids is 1. The quantitative estimate of drug-likeness (QED) is 0.384. The van der Waals surface area contributed by atoms with Gasteiger partial charge >= 0.3 is 5.97 Å². The minimum Gasteiger partial charge on any atom is -0.422 e. The SMILES string of the molecule is CC(CS)C(=O)OC=S. The first-order chi connectivity index (χ1) is 4.22. The van der Waals surface area contributed by atoms with E-state index in [1.165, 1.54) is 0 Å². The van der Waals surface area contributed by atoms with Crippen LogP contribution in [0.3, 0.4) is 0 Å². The molecule has 9 heavy (non-hydrogen) atoms. The molecule has 52 valence electrons. The summed E-state index contributed by atoms with van der Waals surface area (Å²) in [4.78, 5) is 10.6. The lowest BCUT2D eigenvalue weighted by Crippen LogP contribution is -2.14. The monoisotopic (exact) mass is 164 g/mol. The van der Waals surface area contributed by atoms with Gasteiger partial charge in [-0.05, 0) is 12.2 Å². The van der Waals surface area contributed by atoms with E-state index in [1.807, 2.05) is 0 Å². The summed E-state index contributed by atoms with van der Waals surface area (Å²) in [5, 5.41) is 0. The maximum atomic E-state index is 10.6. The van der Waals surface area contributed by atoms with Crippen molar-refractivity contribution in [2.24, 2.45) is 5.92 Å². The Labute approximate surface area is 65.0 Å². The maximum absolute atomic E-state index is 10.6. The van der Waals surface area contributed by atoms with Crippen LogP contribution in [0.4, 0.5) is 0 Å². The molecule has 1 unspecified atom stereocenters. The van der Waals surface area contributed by atoms with Crippen molar-refractivity contribution in [2.45, 2.75) is 6.92 Å². The van der Waals surface area contributed by atoms with Gasteiger partial charge in [0.05, 0.1) is 5.92 Å². The van der Waals surface area contributed by atoms with Gasteiger partial charge < -0.3 is 4.74 Å². The first-order valence-corrected chi connectivity index (χ1v) is 3.57. The zero-order chi connectivity index (χ0) is 7.28. The molecule has 0 bridgehead atoms. The topological polar surface area (TPSA) is 26.3 Å². The van der Waals surface area contributed by atoms with Crippen molar-refractivity contribution < 1.29 is 9.53 Å². The highest BCUT2D eigenvalue weighted by atomic mass is 32.1. The molecule has 1 atom stereocenters. The van der Waals surface area contributed by atoms with Crippen LogP contribution in [0.2, 0.25) is 0 Å². The van der Waals surface area contributed by atoms with Crippen molar-refractivity contribution in [1.29, 1.82) is 0 Å². The number of hydrogen-bond acceptors (Lipinski definition) is 4. The van der Waals surface area contributed by atoms with Crippen LogP contribution in [-0.4, -0.2) is 17.3 Å². The van der Waals surface area contributed by atoms with Crippen molar-refractivity contribution in [3.63, 3.8) is 0 Å². The smallest absolute Gasteiger partial charge is 0.315 e. The second-order valence-electron chi connectivity index (χ2n) is 1.62. The fraction of sp³-hybridized carbons (Fsp3) is 0.600. The fourth-order valence-electron chi connectivity index (χ4n) is 0.238. The summed E-state index contributed by atoms with van der Waals surface area (Å²) >= 11 is 8.20. The van der Waals surface area contributed by atoms with Gasteiger partial charge in [0.15, 0.2) is 5.55 Å². The summed E-state index contributed by atoms with van der Waals surface area (Å²) in [5.74, 6) is -0.00492. The zero-order valence-corrected chi connectivity index (χ0v) is 6.74. The zero-order valence-electron chi connectivity index (χ0n) is 5.03. The average Bonchev–Trinajstić information content (AvgIpc) is 1.87. The summed E-state index contributed by atoms with van der Waals surface area (Å²) in [6.07, 6.45) is 0. The standard InChI is InChI=1S/C5H8O2S2/c1-4(2-8)5(6)7-3-9/h3-4,8H,2H2,1H3. The molecule has 0 spiro atoms. The lowest BCUT2D eigenvalue weighted by molar-refractivity contribution is -0.138. The minimum absolute atomic E-state index is 0.174. The first-order valence-electron chi connectivity index (χ1n) is 2.47. The summed E-state index contributed by atoms with van der Waals surface area (Å²) in [6.45, 7) is 1.73. The number of ether oxygens (including phenoxy) is 1. The van der Waals surface area contributed by atoms with Crippen molar-refractivity contribution in [1.82, 2.24) is 0 Å². The third kappa shape index (κ3) is 3.48. The molecule has 0 aromatic rings. The highest BCUT2D eigenvalue weighted by Crippen LogP contribution is 1.98. The summed E-state index contributed by atoms with van der Waals surface area (Å²) in [5.41, 5.74) is 0.961. The molecule has 0 aliphatic heterocycles. The Balaban J connectivity index is 3.58. The van der Waals surface area contributed by atoms with E-state index in [1.54, 1.807) is 6.92 Å². The molecule has 0 rings (SSSR count). The van der Waals surface area contributed by atoms with E-state index in [0.29, 0.717) is 5.75 Å². The van der Waals surface area contributed by atoms with Crippen molar-refractivity contribution >= 4 is 36.4 Å². The lowest BCUT2D eigenvalue weighted by Gasteiger charge is -2.02. The molecule has 0 aromatic heterocycles. The number of carbonyl (C=O) groups is 1. The molecule has 0 aliphatic carbocycles. The van der Waals surface area contributed by atoms with E-state index in [2.05, 4.69) is 29.6 Å². The third-order valence-electron chi connectivity index (χ3n) is 0.840. The maximum Gasteiger partial charge on any atom is 0.315 e. The fourth-order valence-corrected chi connectivity index (χ4v) is 0.482. The van der Waals surface area contributed by atoms with E-state index in [0.717, 1.165) is 5.55 Å². The van der Waals surface area contributed by atoms with E-state index < -0.39 is 0 Å². The predicted molar refractivity (Wildman–Crippen MR) is 42.8 cm³/mol. The van der Waals surface area contributed by atoms with Crippen LogP contribution in [0.1, 0.15) is 6.92 Å². The molecular formula is C5H8O2S2. The highest BCUT2D eigenvalue weighted by molar-refractivity contribution is 7.80. The normalized spacial score (nSPS) is 12.2. The van der Waals surface area contributed by atoms with Crippen molar-refractivity contribution in [3.05, 3.63) is 0 Å². The second kappa shape index (κ2) is 4.76. The van der Waals surface area contributed by atoms with Gasteiger partial charge in [-0.25, -0.2) is 0 Å². The largest absolute Gasteiger partial charge is 0.422 e. The first kappa shape index (κ1) is 8.91. The summed E-state index contributed by atoms with van der Waals surface area (Å²) in [6, 6.07) is 0. The van der Waals surface area contributed by atoms with Crippen LogP contribution >= 0.6 is 24.8 Å². The number of esters is 1. The van der Waals surface area contributed by atoms with Gasteiger partial charge in [0.25, 0.3) is 0 Å². The van der Waals surface area contributed by atoms with Crippen LogP contribution in [0.25, 0.3) is 0 Å². The Bertz CT molecular complexity index is 114. The van der Waals surface area contributed by atoms with Crippen molar-refractivity contribution in [3.8, 4) is 0 Å². The molecular weight excluding hydrogens is 156 g/mol. The van der Waals surface area contributed by atoms with E-state index in [4.69, 9.17) is 0 Å². The van der Waals surface area contributed by atoms with Gasteiger partial charge in [-0.1, -0.05) is 6.92 Å². The van der Waals surface area contributed by atoms with Crippen LogP contribution in [0.15, 0.2) is 0 Å². The average molecular weight is 164 g/mol. The van der Waals surface area contributed by atoms with E-state index >= 15 is 0 Å². The third-order valence-corrected chi connectivity index (χ3v) is 1.48. The summed E-state index contributed by atoms with van der Waals surface area (Å²) < 4.78 is 4.40. The Kier molecular flexibility index (Phi) is 4.71. The molecule has 0 N–H and O–H groups in total. The van der Waals surface area contributed by atoms with Gasteiger partial charge in [-0.3, -0.25) is 4.79 Å². The Morgan fingerprint density at radius 3 is 2.89 bits per heavy atom. The van der Waals surface area contributed by atoms with Gasteiger partial charge in [0, 0.05) is 5.75 Å². The minimum atomic E-state index is -0.319. The summed E-state index contributed by atoms with van der Waals surface area (Å²) in [7, 11) is 0. The number of hydrogen-bond donors (Lipinski definition) is 1. The molecule has 0 radical (unpaired) electrons. The van der Waals surface area contributed by atoms with Crippen LogP contribution in [0.5, 0.6) is 0 Å². The highest BCUT2D eigenvalue weighted by Gasteiger charge is 2.10. The van der Waals surface area contributed by atoms with Gasteiger partial charge in [0.1, 0.15) is 0 Å². The van der Waals surface area contributed by atoms with Gasteiger partial charge in [0.2, 0.25) is 0 Å². The molecule has 0 saturated heterocycles. The van der Waals surface area contributed by atoms with E-state index in [9.17, 15) is 4.79 Å². The van der Waals surface area contributed by atoms with Crippen LogP contribution < -0.4 is 0 Å². The number of rotatable bonds is 3. The predicted octanol–water partition coefficient (Wildman–Crippen LogP) is 1.05. The Morgan fingerprint density at radius 1 is 2.00 bits per heavy atom. The van der Waals surface area contributed by atoms with Crippen LogP contribution in [0, 0.1) is 5.92 Å². The molecule has 2 nitrogen and oxygen atoms in total. The molecule has 4 heteroatoms. The molecule has 0 fully saturated rings. The Morgan fingerprint density at radius 2 is 2.56 bits per heavy atom. The molecule has 0 heterocycles.